The molecule has 8 unspecified atom stereocenters. The number of hydrogen-bond acceptors (Lipinski definition) is 7. The summed E-state index contributed by atoms with van der Waals surface area (Å²) in [6.07, 6.45) is 16.8. The highest BCUT2D eigenvalue weighted by atomic mass is 16.5. The molecule has 268 valence electrons. The standard InChI is InChI=1S/C40H66O7/c1-6-34(21-41,26-44-37-11-30-9-32(4,15-37)17-39(13-30,19-37)46-28-35(7-2)22-42-23-35)27-45-38-12-31-10-33(5,16-38)18-40(14-31,20-38)47-29-36(8-3)24-43-25-36/h30-31,41H,6-29H2,1-5H3. The van der Waals surface area contributed by atoms with Crippen molar-refractivity contribution >= 4 is 0 Å². The van der Waals surface area contributed by atoms with E-state index in [4.69, 9.17) is 28.4 Å². The predicted octanol–water partition coefficient (Wildman–Crippen LogP) is 7.26. The van der Waals surface area contributed by atoms with E-state index in [-0.39, 0.29) is 50.7 Å². The minimum Gasteiger partial charge on any atom is -0.396 e. The average Bonchev–Trinajstić information content (AvgIpc) is 2.94. The Labute approximate surface area is 284 Å². The molecule has 7 heteroatoms. The third kappa shape index (κ3) is 5.90. The Hall–Kier alpha value is -0.280. The minimum absolute atomic E-state index is 0.0819. The summed E-state index contributed by atoms with van der Waals surface area (Å²) >= 11 is 0. The summed E-state index contributed by atoms with van der Waals surface area (Å²) in [5.74, 6) is 1.32. The molecule has 8 aliphatic carbocycles. The summed E-state index contributed by atoms with van der Waals surface area (Å²) in [6, 6.07) is 0. The molecule has 0 amide bonds. The van der Waals surface area contributed by atoms with Gasteiger partial charge in [-0.2, -0.15) is 0 Å². The fraction of sp³-hybridized carbons (Fsp3) is 1.00. The van der Waals surface area contributed by atoms with Crippen LogP contribution in [-0.4, -0.2) is 87.0 Å². The lowest BCUT2D eigenvalue weighted by molar-refractivity contribution is -0.291. The monoisotopic (exact) mass is 658 g/mol. The molecule has 0 aromatic heterocycles. The van der Waals surface area contributed by atoms with Crippen LogP contribution >= 0.6 is 0 Å². The van der Waals surface area contributed by atoms with Crippen molar-refractivity contribution in [2.24, 2.45) is 38.9 Å². The van der Waals surface area contributed by atoms with E-state index in [0.717, 1.165) is 110 Å². The molecule has 0 spiro atoms. The fourth-order valence-corrected chi connectivity index (χ4v) is 13.3. The van der Waals surface area contributed by atoms with Gasteiger partial charge in [-0.1, -0.05) is 34.6 Å². The molecule has 2 heterocycles. The topological polar surface area (TPSA) is 75.6 Å². The average molecular weight is 659 g/mol. The van der Waals surface area contributed by atoms with E-state index < -0.39 is 5.41 Å². The highest BCUT2D eigenvalue weighted by Gasteiger charge is 2.65. The fourth-order valence-electron chi connectivity index (χ4n) is 13.3. The molecule has 7 nitrogen and oxygen atoms in total. The van der Waals surface area contributed by atoms with Crippen molar-refractivity contribution in [3.05, 3.63) is 0 Å². The van der Waals surface area contributed by atoms with E-state index >= 15 is 0 Å². The molecule has 0 aromatic carbocycles. The molecule has 10 aliphatic rings. The highest BCUT2D eigenvalue weighted by Crippen LogP contribution is 2.67. The number of hydrogen-bond donors (Lipinski definition) is 1. The van der Waals surface area contributed by atoms with Gasteiger partial charge in [0.25, 0.3) is 0 Å². The van der Waals surface area contributed by atoms with Crippen molar-refractivity contribution in [1.29, 1.82) is 0 Å². The Morgan fingerprint density at radius 2 is 0.957 bits per heavy atom. The molecule has 0 radical (unpaired) electrons. The van der Waals surface area contributed by atoms with Crippen LogP contribution < -0.4 is 0 Å². The SMILES string of the molecule is CCC1(COC23CC4CC(C)(C2)CC(OCC(CC)(CO)COC25CC6CC(C)(CC(OCC7(CC)COC7)(C6)C2)C5)(C4)C3)COC1. The summed E-state index contributed by atoms with van der Waals surface area (Å²) in [7, 11) is 0. The molecule has 10 fully saturated rings. The minimum atomic E-state index is -0.401. The van der Waals surface area contributed by atoms with Gasteiger partial charge < -0.3 is 33.5 Å². The molecule has 8 atom stereocenters. The van der Waals surface area contributed by atoms with Gasteiger partial charge in [-0.15, -0.1) is 0 Å². The van der Waals surface area contributed by atoms with Gasteiger partial charge >= 0.3 is 0 Å². The van der Waals surface area contributed by atoms with Gasteiger partial charge in [0.05, 0.1) is 81.9 Å². The van der Waals surface area contributed by atoms with Crippen LogP contribution in [0, 0.1) is 38.9 Å². The van der Waals surface area contributed by atoms with E-state index in [2.05, 4.69) is 34.6 Å². The van der Waals surface area contributed by atoms with Crippen LogP contribution in [0.15, 0.2) is 0 Å². The molecular formula is C40H66O7. The zero-order chi connectivity index (χ0) is 32.9. The molecule has 1 N–H and O–H groups in total. The first-order valence-corrected chi connectivity index (χ1v) is 19.6. The lowest BCUT2D eigenvalue weighted by atomic mass is 9.46. The Morgan fingerprint density at radius 3 is 1.23 bits per heavy atom. The van der Waals surface area contributed by atoms with E-state index in [0.29, 0.717) is 25.0 Å². The smallest absolute Gasteiger partial charge is 0.0718 e. The van der Waals surface area contributed by atoms with Crippen LogP contribution in [0.3, 0.4) is 0 Å². The molecular weight excluding hydrogens is 592 g/mol. The maximum atomic E-state index is 11.0. The van der Waals surface area contributed by atoms with Crippen LogP contribution in [0.1, 0.15) is 131 Å². The van der Waals surface area contributed by atoms with Crippen LogP contribution in [0.4, 0.5) is 0 Å². The maximum Gasteiger partial charge on any atom is 0.0718 e. The zero-order valence-corrected chi connectivity index (χ0v) is 30.5. The van der Waals surface area contributed by atoms with Gasteiger partial charge in [-0.05, 0) is 106 Å². The van der Waals surface area contributed by atoms with Crippen molar-refractivity contribution in [2.45, 2.75) is 153 Å². The third-order valence-electron chi connectivity index (χ3n) is 15.4. The first kappa shape index (κ1) is 33.8. The van der Waals surface area contributed by atoms with Crippen molar-refractivity contribution < 1.29 is 33.5 Å². The molecule has 2 aliphatic heterocycles. The predicted molar refractivity (Wildman–Crippen MR) is 180 cm³/mol. The second-order valence-electron chi connectivity index (χ2n) is 20.2. The Kier molecular flexibility index (Phi) is 8.18. The third-order valence-corrected chi connectivity index (χ3v) is 15.4. The molecule has 10 rings (SSSR count). The summed E-state index contributed by atoms with van der Waals surface area (Å²) in [5, 5.41) is 11.0. The van der Waals surface area contributed by atoms with Gasteiger partial charge in [0.2, 0.25) is 0 Å². The first-order valence-electron chi connectivity index (χ1n) is 19.6. The zero-order valence-electron chi connectivity index (χ0n) is 30.5. The molecule has 8 bridgehead atoms. The Morgan fingerprint density at radius 1 is 0.574 bits per heavy atom. The molecule has 47 heavy (non-hydrogen) atoms. The lowest BCUT2D eigenvalue weighted by Crippen LogP contribution is -2.66. The van der Waals surface area contributed by atoms with Crippen molar-refractivity contribution in [3.8, 4) is 0 Å². The number of ether oxygens (including phenoxy) is 6. The van der Waals surface area contributed by atoms with Gasteiger partial charge in [0.1, 0.15) is 0 Å². The molecule has 8 saturated carbocycles. The van der Waals surface area contributed by atoms with Crippen LogP contribution in [0.25, 0.3) is 0 Å². The van der Waals surface area contributed by atoms with Crippen LogP contribution in [0.2, 0.25) is 0 Å². The summed E-state index contributed by atoms with van der Waals surface area (Å²) in [6.45, 7) is 17.9. The largest absolute Gasteiger partial charge is 0.396 e. The quantitative estimate of drug-likeness (QED) is 0.187. The summed E-state index contributed by atoms with van der Waals surface area (Å²) in [4.78, 5) is 0. The first-order chi connectivity index (χ1) is 22.3. The van der Waals surface area contributed by atoms with Crippen molar-refractivity contribution in [1.82, 2.24) is 0 Å². The van der Waals surface area contributed by atoms with Gasteiger partial charge in [0, 0.05) is 29.1 Å². The number of rotatable bonds is 16. The van der Waals surface area contributed by atoms with Crippen molar-refractivity contribution in [3.63, 3.8) is 0 Å². The van der Waals surface area contributed by atoms with Gasteiger partial charge in [-0.3, -0.25) is 0 Å². The number of aliphatic hydroxyl groups excluding tert-OH is 1. The molecule has 0 aromatic rings. The van der Waals surface area contributed by atoms with E-state index in [9.17, 15) is 5.11 Å². The second kappa shape index (κ2) is 11.4. The van der Waals surface area contributed by atoms with E-state index in [1.165, 1.54) is 25.7 Å². The van der Waals surface area contributed by atoms with Crippen molar-refractivity contribution in [2.75, 3.05) is 59.5 Å². The lowest BCUT2D eigenvalue weighted by Gasteiger charge is -2.66. The molecule has 2 saturated heterocycles. The van der Waals surface area contributed by atoms with Gasteiger partial charge in [0.15, 0.2) is 0 Å². The highest BCUT2D eigenvalue weighted by molar-refractivity contribution is 5.16. The summed E-state index contributed by atoms with van der Waals surface area (Å²) < 4.78 is 39.8. The second-order valence-corrected chi connectivity index (χ2v) is 20.2. The normalized spacial score (nSPS) is 47.9. The number of aliphatic hydroxyl groups is 1. The summed E-state index contributed by atoms with van der Waals surface area (Å²) in [5.41, 5.74) is 0.0481. The Bertz CT molecular complexity index is 1080. The van der Waals surface area contributed by atoms with Gasteiger partial charge in [-0.25, -0.2) is 0 Å². The maximum absolute atomic E-state index is 11.0. The Balaban J connectivity index is 0.953. The van der Waals surface area contributed by atoms with E-state index in [1.54, 1.807) is 0 Å². The van der Waals surface area contributed by atoms with Crippen LogP contribution in [-0.2, 0) is 28.4 Å². The van der Waals surface area contributed by atoms with Crippen LogP contribution in [0.5, 0.6) is 0 Å². The van der Waals surface area contributed by atoms with E-state index in [1.807, 2.05) is 0 Å².